The Kier molecular flexibility index (Phi) is 4.69. The highest BCUT2D eigenvalue weighted by Crippen LogP contribution is 2.33. The van der Waals surface area contributed by atoms with Crippen molar-refractivity contribution in [2.75, 3.05) is 12.4 Å². The van der Waals surface area contributed by atoms with E-state index in [0.29, 0.717) is 17.3 Å². The molecule has 0 spiro atoms. The topological polar surface area (TPSA) is 73.2 Å². The lowest BCUT2D eigenvalue weighted by Crippen LogP contribution is -2.28. The Morgan fingerprint density at radius 2 is 1.96 bits per heavy atom. The van der Waals surface area contributed by atoms with Gasteiger partial charge in [0.15, 0.2) is 0 Å². The highest BCUT2D eigenvalue weighted by Gasteiger charge is 2.31. The summed E-state index contributed by atoms with van der Waals surface area (Å²) in [5, 5.41) is 7.58. The van der Waals surface area contributed by atoms with Gasteiger partial charge in [0.05, 0.1) is 36.3 Å². The van der Waals surface area contributed by atoms with Crippen LogP contribution in [0.15, 0.2) is 24.3 Å². The van der Waals surface area contributed by atoms with Crippen LogP contribution in [0.4, 0.5) is 5.82 Å². The van der Waals surface area contributed by atoms with E-state index in [9.17, 15) is 9.00 Å². The van der Waals surface area contributed by atoms with E-state index in [0.717, 1.165) is 22.6 Å². The Morgan fingerprint density at radius 3 is 2.56 bits per heavy atom. The summed E-state index contributed by atoms with van der Waals surface area (Å²) in [4.78, 5) is 12.5. The van der Waals surface area contributed by atoms with Crippen LogP contribution in [0.2, 0.25) is 0 Å². The molecule has 0 fully saturated rings. The highest BCUT2D eigenvalue weighted by molar-refractivity contribution is 7.83. The molecule has 0 radical (unpaired) electrons. The number of methoxy groups -OCH3 is 1. The van der Waals surface area contributed by atoms with Gasteiger partial charge in [-0.05, 0) is 38.5 Å². The fourth-order valence-corrected chi connectivity index (χ4v) is 4.11. The smallest absolute Gasteiger partial charge is 0.229 e. The summed E-state index contributed by atoms with van der Waals surface area (Å²) in [5.41, 5.74) is 2.36. The second-order valence-corrected chi connectivity index (χ2v) is 8.62. The van der Waals surface area contributed by atoms with Crippen molar-refractivity contribution in [2.45, 2.75) is 44.2 Å². The van der Waals surface area contributed by atoms with Crippen molar-refractivity contribution in [3.63, 3.8) is 0 Å². The number of carbonyl (C=O) groups excluding carboxylic acids is 1. The molecule has 25 heavy (non-hydrogen) atoms. The van der Waals surface area contributed by atoms with Gasteiger partial charge in [0.1, 0.15) is 11.6 Å². The van der Waals surface area contributed by atoms with Crippen LogP contribution in [0.3, 0.4) is 0 Å². The summed E-state index contributed by atoms with van der Waals surface area (Å²) < 4.78 is 18.8. The summed E-state index contributed by atoms with van der Waals surface area (Å²) in [5.74, 6) is 2.22. The lowest BCUT2D eigenvalue weighted by Gasteiger charge is -2.23. The zero-order chi connectivity index (χ0) is 18.2. The van der Waals surface area contributed by atoms with Gasteiger partial charge in [0.25, 0.3) is 0 Å². The van der Waals surface area contributed by atoms with Crippen molar-refractivity contribution in [2.24, 2.45) is 0 Å². The van der Waals surface area contributed by atoms with E-state index in [1.54, 1.807) is 7.11 Å². The van der Waals surface area contributed by atoms with Crippen molar-refractivity contribution in [1.29, 1.82) is 0 Å². The molecule has 1 N–H and O–H groups in total. The molecule has 1 aliphatic heterocycles. The monoisotopic (exact) mass is 361 g/mol. The molecule has 1 amide bonds. The fraction of sp³-hybridized carbons (Fsp3) is 0.444. The maximum absolute atomic E-state index is 12.5. The van der Waals surface area contributed by atoms with Crippen LogP contribution < -0.4 is 10.1 Å². The van der Waals surface area contributed by atoms with E-state index in [-0.39, 0.29) is 17.9 Å². The third-order valence-electron chi connectivity index (χ3n) is 4.09. The minimum Gasteiger partial charge on any atom is -0.497 e. The van der Waals surface area contributed by atoms with Gasteiger partial charge >= 0.3 is 0 Å². The summed E-state index contributed by atoms with van der Waals surface area (Å²) in [7, 11) is 0.680. The van der Waals surface area contributed by atoms with Crippen LogP contribution in [0.25, 0.3) is 0 Å². The summed E-state index contributed by atoms with van der Waals surface area (Å²) >= 11 is 0. The molecule has 0 bridgehead atoms. The molecular formula is C18H23N3O3S. The zero-order valence-electron chi connectivity index (χ0n) is 15.0. The molecule has 0 unspecified atom stereocenters. The first kappa shape index (κ1) is 17.7. The average Bonchev–Trinajstić information content (AvgIpc) is 3.05. The van der Waals surface area contributed by atoms with Gasteiger partial charge in [-0.15, -0.1) is 0 Å². The number of nitrogens with one attached hydrogen (secondary N) is 1. The Hall–Kier alpha value is -2.15. The zero-order valence-corrected chi connectivity index (χ0v) is 15.8. The van der Waals surface area contributed by atoms with Crippen molar-refractivity contribution in [3.8, 4) is 5.75 Å². The Morgan fingerprint density at radius 1 is 1.28 bits per heavy atom. The van der Waals surface area contributed by atoms with Crippen LogP contribution >= 0.6 is 0 Å². The molecule has 3 rings (SSSR count). The lowest BCUT2D eigenvalue weighted by atomic mass is 10.1. The molecule has 2 aromatic rings. The third kappa shape index (κ3) is 3.76. The number of amides is 1. The van der Waals surface area contributed by atoms with Crippen molar-refractivity contribution in [3.05, 3.63) is 41.1 Å². The molecule has 134 valence electrons. The number of ether oxygens (including phenoxy) is 1. The molecule has 6 nitrogen and oxygen atoms in total. The predicted octanol–water partition coefficient (Wildman–Crippen LogP) is 2.59. The highest BCUT2D eigenvalue weighted by atomic mass is 32.2. The van der Waals surface area contributed by atoms with Gasteiger partial charge in [-0.1, -0.05) is 12.1 Å². The van der Waals surface area contributed by atoms with Gasteiger partial charge in [0.2, 0.25) is 5.91 Å². The molecule has 1 aromatic heterocycles. The fourth-order valence-electron chi connectivity index (χ4n) is 2.85. The molecule has 0 saturated heterocycles. The molecular weight excluding hydrogens is 338 g/mol. The van der Waals surface area contributed by atoms with E-state index in [2.05, 4.69) is 10.4 Å². The van der Waals surface area contributed by atoms with E-state index in [4.69, 9.17) is 4.74 Å². The SMILES string of the molecule is COc1ccc(CC(=O)Nc2c3c(nn2C(C)(C)C)C[S@](=O)C3)cc1. The van der Waals surface area contributed by atoms with Crippen LogP contribution in [-0.2, 0) is 39.1 Å². The van der Waals surface area contributed by atoms with Crippen molar-refractivity contribution < 1.29 is 13.7 Å². The molecule has 0 aliphatic carbocycles. The van der Waals surface area contributed by atoms with E-state index in [1.165, 1.54) is 0 Å². The summed E-state index contributed by atoms with van der Waals surface area (Å²) in [6, 6.07) is 7.42. The van der Waals surface area contributed by atoms with Crippen molar-refractivity contribution in [1.82, 2.24) is 9.78 Å². The number of anilines is 1. The van der Waals surface area contributed by atoms with Gasteiger partial charge < -0.3 is 10.1 Å². The number of aromatic nitrogens is 2. The first-order valence-electron chi connectivity index (χ1n) is 8.17. The van der Waals surface area contributed by atoms with Crippen molar-refractivity contribution >= 4 is 22.5 Å². The van der Waals surface area contributed by atoms with Gasteiger partial charge in [-0.3, -0.25) is 9.00 Å². The number of hydrogen-bond donors (Lipinski definition) is 1. The number of rotatable bonds is 4. The minimum atomic E-state index is -0.931. The first-order valence-corrected chi connectivity index (χ1v) is 9.65. The maximum atomic E-state index is 12.5. The molecule has 1 aromatic carbocycles. The van der Waals surface area contributed by atoms with Gasteiger partial charge in [-0.25, -0.2) is 4.68 Å². The van der Waals surface area contributed by atoms with Crippen LogP contribution in [0.1, 0.15) is 37.6 Å². The minimum absolute atomic E-state index is 0.115. The summed E-state index contributed by atoms with van der Waals surface area (Å²) in [6.07, 6.45) is 0.261. The normalized spacial score (nSPS) is 16.6. The Balaban J connectivity index is 1.81. The molecule has 1 aliphatic rings. The molecule has 1 atom stereocenters. The third-order valence-corrected chi connectivity index (χ3v) is 5.29. The Labute approximate surface area is 150 Å². The first-order chi connectivity index (χ1) is 11.8. The van der Waals surface area contributed by atoms with E-state index in [1.807, 2.05) is 49.7 Å². The van der Waals surface area contributed by atoms with Gasteiger partial charge in [-0.2, -0.15) is 5.10 Å². The second kappa shape index (κ2) is 6.63. The number of hydrogen-bond acceptors (Lipinski definition) is 4. The maximum Gasteiger partial charge on any atom is 0.229 e. The van der Waals surface area contributed by atoms with Crippen LogP contribution in [-0.4, -0.2) is 27.0 Å². The van der Waals surface area contributed by atoms with Gasteiger partial charge in [0, 0.05) is 16.4 Å². The average molecular weight is 361 g/mol. The van der Waals surface area contributed by atoms with Crippen LogP contribution in [0, 0.1) is 0 Å². The Bertz CT molecular complexity index is 819. The number of benzene rings is 1. The molecule has 0 saturated carbocycles. The lowest BCUT2D eigenvalue weighted by molar-refractivity contribution is -0.115. The predicted molar refractivity (Wildman–Crippen MR) is 98.1 cm³/mol. The molecule has 7 heteroatoms. The number of carbonyl (C=O) groups is 1. The van der Waals surface area contributed by atoms with E-state index < -0.39 is 10.8 Å². The number of nitrogens with zero attached hydrogens (tertiary/aromatic N) is 2. The number of fused-ring (bicyclic) bond motifs is 1. The largest absolute Gasteiger partial charge is 0.497 e. The second-order valence-electron chi connectivity index (χ2n) is 7.16. The quantitative estimate of drug-likeness (QED) is 0.908. The standard InChI is InChI=1S/C18H23N3O3S/c1-18(2,3)21-17(14-10-25(23)11-15(14)20-21)19-16(22)9-12-5-7-13(24-4)8-6-12/h5-8H,9-11H2,1-4H3,(H,19,22)/t25-/m1/s1. The van der Waals surface area contributed by atoms with Crippen LogP contribution in [0.5, 0.6) is 5.75 Å². The summed E-state index contributed by atoms with van der Waals surface area (Å²) in [6.45, 7) is 6.10. The van der Waals surface area contributed by atoms with E-state index >= 15 is 0 Å². The molecule has 2 heterocycles.